The highest BCUT2D eigenvalue weighted by Gasteiger charge is 2.03. The standard InChI is InChI=1S/C27H53N2.CH2O3/c1-3-5-7-9-11-13-15-17-19-21-23-28-25-26-29(27-28)24-22-20-18-16-14-12-10-8-6-4-2;2-1(3)4/h25-27H,3-24H2,1-2H3;(H2,2,3,4)/q+1;/p-1. The van der Waals surface area contributed by atoms with Crippen molar-refractivity contribution in [3.05, 3.63) is 18.7 Å². The summed E-state index contributed by atoms with van der Waals surface area (Å²) >= 11 is 0. The van der Waals surface area contributed by atoms with E-state index in [-0.39, 0.29) is 0 Å². The minimum Gasteiger partial charge on any atom is -0.565 e. The van der Waals surface area contributed by atoms with E-state index < -0.39 is 6.16 Å². The highest BCUT2D eigenvalue weighted by molar-refractivity contribution is 5.50. The van der Waals surface area contributed by atoms with E-state index in [1.807, 2.05) is 0 Å². The molecule has 0 aliphatic rings. The molecule has 1 N–H and O–H groups in total. The molecule has 1 rings (SSSR count). The quantitative estimate of drug-likeness (QED) is 0.142. The number of aryl methyl sites for hydroxylation is 2. The summed E-state index contributed by atoms with van der Waals surface area (Å²) in [6.45, 7) is 6.98. The lowest BCUT2D eigenvalue weighted by atomic mass is 10.1. The summed E-state index contributed by atoms with van der Waals surface area (Å²) in [6, 6.07) is 0. The Hall–Kier alpha value is -1.52. The van der Waals surface area contributed by atoms with Crippen molar-refractivity contribution in [2.45, 2.75) is 155 Å². The van der Waals surface area contributed by atoms with Crippen LogP contribution in [0.25, 0.3) is 0 Å². The molecule has 1 aromatic heterocycles. The first kappa shape index (κ1) is 31.5. The zero-order valence-corrected chi connectivity index (χ0v) is 21.9. The molecule has 0 spiro atoms. The molecule has 0 aromatic carbocycles. The second-order valence-electron chi connectivity index (χ2n) is 9.52. The predicted octanol–water partition coefficient (Wildman–Crippen LogP) is 7.51. The van der Waals surface area contributed by atoms with Crippen LogP contribution in [0, 0.1) is 0 Å². The minimum atomic E-state index is -2.08. The van der Waals surface area contributed by atoms with E-state index in [0.717, 1.165) is 0 Å². The maximum absolute atomic E-state index is 8.44. The molecule has 0 saturated carbocycles. The maximum Gasteiger partial charge on any atom is 0.249 e. The van der Waals surface area contributed by atoms with E-state index in [1.54, 1.807) is 0 Å². The number of hydrogen-bond acceptors (Lipinski definition) is 2. The van der Waals surface area contributed by atoms with Gasteiger partial charge in [-0.25, -0.2) is 9.13 Å². The smallest absolute Gasteiger partial charge is 0.249 e. The number of hydrogen-bond donors (Lipinski definition) is 1. The molecule has 1 aromatic rings. The first-order valence-electron chi connectivity index (χ1n) is 14.0. The SMILES string of the molecule is CCCCCCCCCCCCn1cc[n+](CCCCCCCCCCCC)c1.O=C([O-])O. The molecule has 0 aliphatic heterocycles. The van der Waals surface area contributed by atoms with Gasteiger partial charge in [0.1, 0.15) is 12.4 Å². The lowest BCUT2D eigenvalue weighted by Gasteiger charge is -2.02. The number of rotatable bonds is 22. The van der Waals surface area contributed by atoms with Crippen LogP contribution >= 0.6 is 0 Å². The Bertz CT molecular complexity index is 488. The van der Waals surface area contributed by atoms with Gasteiger partial charge in [0, 0.05) is 0 Å². The molecule has 0 amide bonds. The largest absolute Gasteiger partial charge is 0.565 e. The van der Waals surface area contributed by atoms with Crippen molar-refractivity contribution in [2.75, 3.05) is 0 Å². The Labute approximate surface area is 204 Å². The molecule has 0 fully saturated rings. The van der Waals surface area contributed by atoms with Crippen molar-refractivity contribution in [3.8, 4) is 0 Å². The van der Waals surface area contributed by atoms with Crippen LogP contribution in [-0.4, -0.2) is 15.8 Å². The van der Waals surface area contributed by atoms with Crippen molar-refractivity contribution < 1.29 is 19.6 Å². The van der Waals surface area contributed by atoms with Crippen LogP contribution in [0.4, 0.5) is 4.79 Å². The predicted molar refractivity (Wildman–Crippen MR) is 136 cm³/mol. The lowest BCUT2D eigenvalue weighted by Crippen LogP contribution is -2.30. The molecule has 5 heteroatoms. The van der Waals surface area contributed by atoms with E-state index in [0.29, 0.717) is 0 Å². The maximum atomic E-state index is 8.44. The molecular formula is C28H54N2O3. The molecule has 33 heavy (non-hydrogen) atoms. The number of carboxylic acid groups (broad SMARTS) is 2. The third kappa shape index (κ3) is 24.9. The third-order valence-electron chi connectivity index (χ3n) is 6.29. The first-order chi connectivity index (χ1) is 16.1. The number of nitrogens with zero attached hydrogens (tertiary/aromatic N) is 2. The van der Waals surface area contributed by atoms with Gasteiger partial charge < -0.3 is 15.0 Å². The Kier molecular flexibility index (Phi) is 24.0. The van der Waals surface area contributed by atoms with Crippen LogP contribution in [-0.2, 0) is 13.1 Å². The number of aromatic nitrogens is 2. The molecular weight excluding hydrogens is 412 g/mol. The first-order valence-corrected chi connectivity index (χ1v) is 14.0. The summed E-state index contributed by atoms with van der Waals surface area (Å²) in [5.74, 6) is 0. The molecule has 194 valence electrons. The van der Waals surface area contributed by atoms with Gasteiger partial charge in [-0.2, -0.15) is 0 Å². The normalized spacial score (nSPS) is 10.7. The topological polar surface area (TPSA) is 69.2 Å². The van der Waals surface area contributed by atoms with Crippen molar-refractivity contribution in [1.29, 1.82) is 0 Å². The summed E-state index contributed by atoms with van der Waals surface area (Å²) in [5, 5.41) is 15.3. The average molecular weight is 467 g/mol. The van der Waals surface area contributed by atoms with Crippen LogP contribution in [0.5, 0.6) is 0 Å². The van der Waals surface area contributed by atoms with Crippen molar-refractivity contribution in [1.82, 2.24) is 4.57 Å². The van der Waals surface area contributed by atoms with Gasteiger partial charge in [0.25, 0.3) is 0 Å². The molecule has 1 heterocycles. The Morgan fingerprint density at radius 3 is 1.48 bits per heavy atom. The zero-order valence-electron chi connectivity index (χ0n) is 21.9. The number of unbranched alkanes of at least 4 members (excludes halogenated alkanes) is 18. The molecule has 0 saturated heterocycles. The molecule has 0 aliphatic carbocycles. The molecule has 0 atom stereocenters. The Morgan fingerprint density at radius 2 is 1.06 bits per heavy atom. The summed E-state index contributed by atoms with van der Waals surface area (Å²) in [6.07, 6.45) is 33.2. The molecule has 0 bridgehead atoms. The number of imidazole rings is 1. The van der Waals surface area contributed by atoms with Crippen LogP contribution in [0.2, 0.25) is 0 Å². The van der Waals surface area contributed by atoms with E-state index in [1.165, 1.54) is 142 Å². The lowest BCUT2D eigenvalue weighted by molar-refractivity contribution is -0.696. The van der Waals surface area contributed by atoms with Gasteiger partial charge in [0.2, 0.25) is 12.5 Å². The fraction of sp³-hybridized carbons (Fsp3) is 0.857. The Balaban J connectivity index is 0.00000235. The van der Waals surface area contributed by atoms with Gasteiger partial charge in [0.15, 0.2) is 0 Å². The minimum absolute atomic E-state index is 1.20. The van der Waals surface area contributed by atoms with E-state index >= 15 is 0 Å². The van der Waals surface area contributed by atoms with E-state index in [4.69, 9.17) is 15.0 Å². The summed E-state index contributed by atoms with van der Waals surface area (Å²) < 4.78 is 4.78. The van der Waals surface area contributed by atoms with Crippen molar-refractivity contribution in [3.63, 3.8) is 0 Å². The van der Waals surface area contributed by atoms with Crippen molar-refractivity contribution in [2.24, 2.45) is 0 Å². The second kappa shape index (κ2) is 25.1. The fourth-order valence-electron chi connectivity index (χ4n) is 4.27. The fourth-order valence-corrected chi connectivity index (χ4v) is 4.27. The van der Waals surface area contributed by atoms with Crippen LogP contribution in [0.1, 0.15) is 142 Å². The van der Waals surface area contributed by atoms with Gasteiger partial charge in [-0.05, 0) is 25.7 Å². The van der Waals surface area contributed by atoms with E-state index in [9.17, 15) is 0 Å². The van der Waals surface area contributed by atoms with Gasteiger partial charge in [-0.15, -0.1) is 0 Å². The molecule has 0 radical (unpaired) electrons. The Morgan fingerprint density at radius 1 is 0.697 bits per heavy atom. The summed E-state index contributed by atoms with van der Waals surface area (Å²) in [5.41, 5.74) is 0. The summed E-state index contributed by atoms with van der Waals surface area (Å²) in [7, 11) is 0. The van der Waals surface area contributed by atoms with Crippen molar-refractivity contribution >= 4 is 6.16 Å². The van der Waals surface area contributed by atoms with Crippen LogP contribution < -0.4 is 9.67 Å². The average Bonchev–Trinajstić information content (AvgIpc) is 3.23. The van der Waals surface area contributed by atoms with Crippen LogP contribution in [0.3, 0.4) is 0 Å². The van der Waals surface area contributed by atoms with Crippen LogP contribution in [0.15, 0.2) is 18.7 Å². The molecule has 5 nitrogen and oxygen atoms in total. The third-order valence-corrected chi connectivity index (χ3v) is 6.29. The van der Waals surface area contributed by atoms with Gasteiger partial charge >= 0.3 is 0 Å². The van der Waals surface area contributed by atoms with Gasteiger partial charge in [-0.3, -0.25) is 0 Å². The highest BCUT2D eigenvalue weighted by atomic mass is 16.6. The monoisotopic (exact) mass is 466 g/mol. The van der Waals surface area contributed by atoms with Gasteiger partial charge in [0.05, 0.1) is 13.1 Å². The molecule has 0 unspecified atom stereocenters. The van der Waals surface area contributed by atoms with Gasteiger partial charge in [-0.1, -0.05) is 117 Å². The highest BCUT2D eigenvalue weighted by Crippen LogP contribution is 2.12. The zero-order chi connectivity index (χ0) is 24.4. The second-order valence-corrected chi connectivity index (χ2v) is 9.52. The van der Waals surface area contributed by atoms with E-state index in [2.05, 4.69) is 41.7 Å². The summed E-state index contributed by atoms with van der Waals surface area (Å²) in [4.78, 5) is 8.44. The number of carbonyl (C=O) groups is 1.